The molecule has 2 aromatic carbocycles. The summed E-state index contributed by atoms with van der Waals surface area (Å²) in [7, 11) is -3.72. The second kappa shape index (κ2) is 7.36. The zero-order chi connectivity index (χ0) is 19.5. The number of rotatable bonds is 5. The average Bonchev–Trinajstić information content (AvgIpc) is 2.63. The van der Waals surface area contributed by atoms with Crippen molar-refractivity contribution < 1.29 is 8.42 Å². The molecule has 0 bridgehead atoms. The number of hydrogen-bond donors (Lipinski definition) is 2. The van der Waals surface area contributed by atoms with Crippen LogP contribution in [0.25, 0.3) is 0 Å². The predicted molar refractivity (Wildman–Crippen MR) is 108 cm³/mol. The molecule has 0 aliphatic carbocycles. The Morgan fingerprint density at radius 1 is 0.778 bits per heavy atom. The molecule has 0 spiro atoms. The summed E-state index contributed by atoms with van der Waals surface area (Å²) in [5.74, 6) is 0.687. The van der Waals surface area contributed by atoms with Crippen LogP contribution in [0.1, 0.15) is 26.3 Å². The SMILES string of the molecule is CC(C)(C)c1ccc(S(=O)(=O)Nc2ccc(Nc3ccccc3)nn2)cc1. The maximum atomic E-state index is 12.5. The normalized spacial score (nSPS) is 11.8. The first-order valence-corrected chi connectivity index (χ1v) is 10.0. The number of anilines is 3. The summed E-state index contributed by atoms with van der Waals surface area (Å²) in [5.41, 5.74) is 1.90. The molecule has 6 nitrogen and oxygen atoms in total. The van der Waals surface area contributed by atoms with E-state index in [1.807, 2.05) is 42.5 Å². The molecule has 7 heteroatoms. The third-order valence-corrected chi connectivity index (χ3v) is 5.35. The van der Waals surface area contributed by atoms with Gasteiger partial charge in [-0.15, -0.1) is 10.2 Å². The van der Waals surface area contributed by atoms with Crippen molar-refractivity contribution in [3.63, 3.8) is 0 Å². The molecule has 0 atom stereocenters. The van der Waals surface area contributed by atoms with Crippen LogP contribution in [0.15, 0.2) is 71.6 Å². The van der Waals surface area contributed by atoms with Crippen molar-refractivity contribution in [2.45, 2.75) is 31.1 Å². The van der Waals surface area contributed by atoms with Gasteiger partial charge in [-0.05, 0) is 47.4 Å². The molecule has 2 N–H and O–H groups in total. The molecule has 3 rings (SSSR count). The van der Waals surface area contributed by atoms with E-state index < -0.39 is 10.0 Å². The van der Waals surface area contributed by atoms with Crippen LogP contribution in [-0.2, 0) is 15.4 Å². The van der Waals surface area contributed by atoms with E-state index in [2.05, 4.69) is 41.0 Å². The second-order valence-electron chi connectivity index (χ2n) is 7.17. The molecule has 27 heavy (non-hydrogen) atoms. The smallest absolute Gasteiger partial charge is 0.263 e. The quantitative estimate of drug-likeness (QED) is 0.687. The van der Waals surface area contributed by atoms with E-state index >= 15 is 0 Å². The Hall–Kier alpha value is -2.93. The Labute approximate surface area is 159 Å². The molecule has 0 fully saturated rings. The lowest BCUT2D eigenvalue weighted by atomic mass is 9.87. The lowest BCUT2D eigenvalue weighted by molar-refractivity contribution is 0.587. The van der Waals surface area contributed by atoms with Gasteiger partial charge in [0.2, 0.25) is 0 Å². The van der Waals surface area contributed by atoms with E-state index in [-0.39, 0.29) is 16.1 Å². The largest absolute Gasteiger partial charge is 0.339 e. The van der Waals surface area contributed by atoms with Crippen LogP contribution in [-0.4, -0.2) is 18.6 Å². The monoisotopic (exact) mass is 382 g/mol. The highest BCUT2D eigenvalue weighted by Gasteiger charge is 2.18. The fourth-order valence-electron chi connectivity index (χ4n) is 2.45. The van der Waals surface area contributed by atoms with Gasteiger partial charge >= 0.3 is 0 Å². The van der Waals surface area contributed by atoms with Crippen molar-refractivity contribution in [1.29, 1.82) is 0 Å². The van der Waals surface area contributed by atoms with Crippen molar-refractivity contribution in [3.8, 4) is 0 Å². The molecular formula is C20H22N4O2S. The predicted octanol–water partition coefficient (Wildman–Crippen LogP) is 4.32. The highest BCUT2D eigenvalue weighted by Crippen LogP contribution is 2.24. The van der Waals surface area contributed by atoms with Crippen molar-refractivity contribution >= 4 is 27.3 Å². The van der Waals surface area contributed by atoms with Crippen molar-refractivity contribution in [3.05, 3.63) is 72.3 Å². The summed E-state index contributed by atoms with van der Waals surface area (Å²) in [6.45, 7) is 6.24. The third-order valence-electron chi connectivity index (χ3n) is 3.98. The molecule has 0 saturated heterocycles. The van der Waals surface area contributed by atoms with E-state index in [9.17, 15) is 8.42 Å². The zero-order valence-corrected chi connectivity index (χ0v) is 16.3. The Balaban J connectivity index is 1.72. The summed E-state index contributed by atoms with van der Waals surface area (Å²) < 4.78 is 27.5. The Morgan fingerprint density at radius 3 is 1.93 bits per heavy atom. The molecule has 3 aromatic rings. The number of para-hydroxylation sites is 1. The zero-order valence-electron chi connectivity index (χ0n) is 15.5. The van der Waals surface area contributed by atoms with Gasteiger partial charge in [0.05, 0.1) is 4.90 Å². The summed E-state index contributed by atoms with van der Waals surface area (Å²) >= 11 is 0. The lowest BCUT2D eigenvalue weighted by Crippen LogP contribution is -2.15. The van der Waals surface area contributed by atoms with Gasteiger partial charge in [-0.1, -0.05) is 51.1 Å². The van der Waals surface area contributed by atoms with Gasteiger partial charge in [-0.3, -0.25) is 4.72 Å². The Bertz CT molecular complexity index is 995. The minimum atomic E-state index is -3.72. The van der Waals surface area contributed by atoms with Gasteiger partial charge in [0.25, 0.3) is 10.0 Å². The van der Waals surface area contributed by atoms with Crippen LogP contribution in [0.2, 0.25) is 0 Å². The molecule has 0 amide bonds. The van der Waals surface area contributed by atoms with Crippen LogP contribution < -0.4 is 10.0 Å². The highest BCUT2D eigenvalue weighted by atomic mass is 32.2. The van der Waals surface area contributed by atoms with Crippen molar-refractivity contribution in [1.82, 2.24) is 10.2 Å². The van der Waals surface area contributed by atoms with Crippen LogP contribution in [0.3, 0.4) is 0 Å². The number of aromatic nitrogens is 2. The minimum Gasteiger partial charge on any atom is -0.339 e. The molecule has 0 radical (unpaired) electrons. The van der Waals surface area contributed by atoms with E-state index in [1.54, 1.807) is 24.3 Å². The molecule has 1 heterocycles. The maximum absolute atomic E-state index is 12.5. The molecule has 0 saturated carbocycles. The Morgan fingerprint density at radius 2 is 1.37 bits per heavy atom. The summed E-state index contributed by atoms with van der Waals surface area (Å²) in [6, 6.07) is 19.6. The molecule has 0 aliphatic heterocycles. The van der Waals surface area contributed by atoms with Gasteiger partial charge in [-0.2, -0.15) is 0 Å². The van der Waals surface area contributed by atoms with Gasteiger partial charge < -0.3 is 5.32 Å². The van der Waals surface area contributed by atoms with Crippen LogP contribution in [0, 0.1) is 0 Å². The second-order valence-corrected chi connectivity index (χ2v) is 8.86. The maximum Gasteiger partial charge on any atom is 0.263 e. The standard InChI is InChI=1S/C20H22N4O2S/c1-20(2,3)15-9-11-17(12-10-15)27(25,26)24-19-14-13-18(22-23-19)21-16-7-5-4-6-8-16/h4-14H,1-3H3,(H,21,22)(H,23,24). The van der Waals surface area contributed by atoms with E-state index in [4.69, 9.17) is 0 Å². The number of nitrogens with one attached hydrogen (secondary N) is 2. The number of nitrogens with zero attached hydrogens (tertiary/aromatic N) is 2. The first kappa shape index (κ1) is 18.8. The summed E-state index contributed by atoms with van der Waals surface area (Å²) in [4.78, 5) is 0.184. The van der Waals surface area contributed by atoms with E-state index in [0.717, 1.165) is 11.3 Å². The van der Waals surface area contributed by atoms with Gasteiger partial charge in [0.1, 0.15) is 0 Å². The number of benzene rings is 2. The molecule has 1 aromatic heterocycles. The fourth-order valence-corrected chi connectivity index (χ4v) is 3.45. The van der Waals surface area contributed by atoms with Crippen LogP contribution >= 0.6 is 0 Å². The average molecular weight is 382 g/mol. The van der Waals surface area contributed by atoms with Crippen LogP contribution in [0.5, 0.6) is 0 Å². The first-order valence-electron chi connectivity index (χ1n) is 8.53. The van der Waals surface area contributed by atoms with Crippen molar-refractivity contribution in [2.24, 2.45) is 0 Å². The molecular weight excluding hydrogens is 360 g/mol. The summed E-state index contributed by atoms with van der Waals surface area (Å²) in [6.07, 6.45) is 0. The molecule has 0 aliphatic rings. The lowest BCUT2D eigenvalue weighted by Gasteiger charge is -2.19. The molecule has 140 valence electrons. The first-order chi connectivity index (χ1) is 12.7. The van der Waals surface area contributed by atoms with Crippen molar-refractivity contribution in [2.75, 3.05) is 10.0 Å². The highest BCUT2D eigenvalue weighted by molar-refractivity contribution is 7.92. The van der Waals surface area contributed by atoms with E-state index in [0.29, 0.717) is 5.82 Å². The van der Waals surface area contributed by atoms with Gasteiger partial charge in [-0.25, -0.2) is 8.42 Å². The van der Waals surface area contributed by atoms with Gasteiger partial charge in [0.15, 0.2) is 11.6 Å². The fraction of sp³-hybridized carbons (Fsp3) is 0.200. The topological polar surface area (TPSA) is 84.0 Å². The summed E-state index contributed by atoms with van der Waals surface area (Å²) in [5, 5.41) is 11.0. The molecule has 0 unspecified atom stereocenters. The minimum absolute atomic E-state index is 0.0389. The van der Waals surface area contributed by atoms with Crippen LogP contribution in [0.4, 0.5) is 17.3 Å². The van der Waals surface area contributed by atoms with Gasteiger partial charge in [0, 0.05) is 5.69 Å². The number of hydrogen-bond acceptors (Lipinski definition) is 5. The number of sulfonamides is 1. The Kier molecular flexibility index (Phi) is 5.14. The van der Waals surface area contributed by atoms with E-state index in [1.165, 1.54) is 0 Å². The third kappa shape index (κ3) is 4.83.